The second kappa shape index (κ2) is 5.75. The predicted molar refractivity (Wildman–Crippen MR) is 65.8 cm³/mol. The highest BCUT2D eigenvalue weighted by atomic mass is 16.6. The van der Waals surface area contributed by atoms with Crippen molar-refractivity contribution in [3.05, 3.63) is 0 Å². The van der Waals surface area contributed by atoms with Crippen LogP contribution in [0.5, 0.6) is 0 Å². The van der Waals surface area contributed by atoms with Crippen LogP contribution in [-0.2, 0) is 14.3 Å². The fourth-order valence-electron chi connectivity index (χ4n) is 1.70. The number of amides is 1. The molecule has 0 radical (unpaired) electrons. The Labute approximate surface area is 112 Å². The van der Waals surface area contributed by atoms with E-state index in [0.29, 0.717) is 13.2 Å². The molecule has 1 aliphatic rings. The smallest absolute Gasteiger partial charge is 0.410 e. The fourth-order valence-corrected chi connectivity index (χ4v) is 1.70. The van der Waals surface area contributed by atoms with Crippen molar-refractivity contribution in [1.82, 2.24) is 4.90 Å². The number of aliphatic carboxylic acids is 1. The molecule has 0 aromatic carbocycles. The van der Waals surface area contributed by atoms with Gasteiger partial charge in [0.15, 0.2) is 0 Å². The molecule has 1 rings (SSSR count). The molecule has 7 nitrogen and oxygen atoms in total. The van der Waals surface area contributed by atoms with Crippen molar-refractivity contribution in [3.8, 4) is 0 Å². The Morgan fingerprint density at radius 2 is 1.95 bits per heavy atom. The van der Waals surface area contributed by atoms with Crippen molar-refractivity contribution in [1.29, 1.82) is 0 Å². The van der Waals surface area contributed by atoms with E-state index in [-0.39, 0.29) is 13.2 Å². The van der Waals surface area contributed by atoms with Crippen LogP contribution < -0.4 is 0 Å². The van der Waals surface area contributed by atoms with Crippen LogP contribution in [0.2, 0.25) is 0 Å². The molecule has 0 atom stereocenters. The van der Waals surface area contributed by atoms with Crippen molar-refractivity contribution in [2.45, 2.75) is 26.4 Å². The van der Waals surface area contributed by atoms with Gasteiger partial charge in [-0.15, -0.1) is 0 Å². The zero-order chi connectivity index (χ0) is 14.7. The molecule has 1 fully saturated rings. The van der Waals surface area contributed by atoms with E-state index in [0.717, 1.165) is 4.90 Å². The van der Waals surface area contributed by atoms with Crippen molar-refractivity contribution in [3.63, 3.8) is 0 Å². The van der Waals surface area contributed by atoms with Crippen molar-refractivity contribution in [2.24, 2.45) is 5.41 Å². The summed E-state index contributed by atoms with van der Waals surface area (Å²) in [6, 6.07) is 0. The third-order valence-corrected chi connectivity index (χ3v) is 2.66. The number of carboxylic acid groups (broad SMARTS) is 1. The van der Waals surface area contributed by atoms with E-state index >= 15 is 0 Å². The first kappa shape index (κ1) is 15.7. The minimum Gasteiger partial charge on any atom is -0.480 e. The van der Waals surface area contributed by atoms with Crippen LogP contribution in [0.4, 0.5) is 4.79 Å². The van der Waals surface area contributed by atoms with Gasteiger partial charge < -0.3 is 19.7 Å². The molecule has 1 aliphatic heterocycles. The maximum absolute atomic E-state index is 11.9. The van der Waals surface area contributed by atoms with E-state index in [1.54, 1.807) is 20.8 Å². The number of hydrogen-bond acceptors (Lipinski definition) is 5. The highest BCUT2D eigenvalue weighted by molar-refractivity contribution is 5.77. The lowest BCUT2D eigenvalue weighted by Gasteiger charge is -2.42. The topological polar surface area (TPSA) is 96.3 Å². The van der Waals surface area contributed by atoms with Gasteiger partial charge in [-0.2, -0.15) is 0 Å². The van der Waals surface area contributed by atoms with Gasteiger partial charge in [0.1, 0.15) is 12.1 Å². The molecular formula is C12H21NO6. The van der Waals surface area contributed by atoms with E-state index < -0.39 is 29.6 Å². The van der Waals surface area contributed by atoms with Gasteiger partial charge in [-0.25, -0.2) is 4.79 Å². The summed E-state index contributed by atoms with van der Waals surface area (Å²) in [5, 5.41) is 18.2. The zero-order valence-electron chi connectivity index (χ0n) is 11.5. The standard InChI is InChI=1S/C12H21NO6/c1-11(2,3)19-10(17)13(4-9(15)16)5-12(6-14)7-18-8-12/h14H,4-8H2,1-3H3,(H,15,16). The van der Waals surface area contributed by atoms with Crippen LogP contribution in [0.25, 0.3) is 0 Å². The van der Waals surface area contributed by atoms with Crippen LogP contribution in [0.15, 0.2) is 0 Å². The molecule has 0 aromatic heterocycles. The van der Waals surface area contributed by atoms with Crippen LogP contribution in [0, 0.1) is 5.41 Å². The van der Waals surface area contributed by atoms with Gasteiger partial charge in [0.05, 0.1) is 25.2 Å². The number of hydrogen-bond donors (Lipinski definition) is 2. The summed E-state index contributed by atoms with van der Waals surface area (Å²) < 4.78 is 10.2. The Balaban J connectivity index is 2.71. The summed E-state index contributed by atoms with van der Waals surface area (Å²) in [6.45, 7) is 5.21. The number of carbonyl (C=O) groups is 2. The number of aliphatic hydroxyl groups is 1. The Hall–Kier alpha value is -1.34. The SMILES string of the molecule is CC(C)(C)OC(=O)N(CC(=O)O)CC1(CO)COC1. The molecule has 0 aliphatic carbocycles. The third-order valence-electron chi connectivity index (χ3n) is 2.66. The fraction of sp³-hybridized carbons (Fsp3) is 0.833. The second-order valence-electron chi connectivity index (χ2n) is 5.88. The summed E-state index contributed by atoms with van der Waals surface area (Å²) in [4.78, 5) is 23.9. The number of carboxylic acids is 1. The van der Waals surface area contributed by atoms with Crippen LogP contribution in [0.1, 0.15) is 20.8 Å². The molecule has 0 bridgehead atoms. The van der Waals surface area contributed by atoms with Crippen LogP contribution in [0.3, 0.4) is 0 Å². The molecule has 0 aromatic rings. The lowest BCUT2D eigenvalue weighted by Crippen LogP contribution is -2.55. The van der Waals surface area contributed by atoms with Gasteiger partial charge in [-0.1, -0.05) is 0 Å². The maximum Gasteiger partial charge on any atom is 0.410 e. The zero-order valence-corrected chi connectivity index (χ0v) is 11.5. The number of nitrogens with zero attached hydrogens (tertiary/aromatic N) is 1. The van der Waals surface area contributed by atoms with Gasteiger partial charge in [0.25, 0.3) is 0 Å². The molecule has 1 saturated heterocycles. The van der Waals surface area contributed by atoms with Crippen LogP contribution in [-0.4, -0.2) is 65.7 Å². The summed E-state index contributed by atoms with van der Waals surface area (Å²) in [5.41, 5.74) is -1.28. The summed E-state index contributed by atoms with van der Waals surface area (Å²) in [5.74, 6) is -1.13. The Morgan fingerprint density at radius 1 is 1.37 bits per heavy atom. The minimum atomic E-state index is -1.13. The lowest BCUT2D eigenvalue weighted by molar-refractivity contribution is -0.153. The largest absolute Gasteiger partial charge is 0.480 e. The molecule has 1 amide bonds. The predicted octanol–water partition coefficient (Wildman–Crippen LogP) is 0.317. The molecular weight excluding hydrogens is 254 g/mol. The van der Waals surface area contributed by atoms with Gasteiger partial charge in [-0.05, 0) is 20.8 Å². The van der Waals surface area contributed by atoms with Crippen molar-refractivity contribution in [2.75, 3.05) is 32.9 Å². The van der Waals surface area contributed by atoms with E-state index in [2.05, 4.69) is 0 Å². The highest BCUT2D eigenvalue weighted by Crippen LogP contribution is 2.28. The molecule has 0 unspecified atom stereocenters. The van der Waals surface area contributed by atoms with Crippen molar-refractivity contribution >= 4 is 12.1 Å². The first-order valence-corrected chi connectivity index (χ1v) is 6.06. The number of ether oxygens (including phenoxy) is 2. The van der Waals surface area contributed by atoms with Gasteiger partial charge in [0.2, 0.25) is 0 Å². The lowest BCUT2D eigenvalue weighted by atomic mass is 9.86. The van der Waals surface area contributed by atoms with E-state index in [9.17, 15) is 14.7 Å². The molecule has 1 heterocycles. The van der Waals surface area contributed by atoms with Crippen LogP contribution >= 0.6 is 0 Å². The Morgan fingerprint density at radius 3 is 2.26 bits per heavy atom. The highest BCUT2D eigenvalue weighted by Gasteiger charge is 2.42. The normalized spacial score (nSPS) is 17.5. The van der Waals surface area contributed by atoms with Crippen molar-refractivity contribution < 1.29 is 29.3 Å². The second-order valence-corrected chi connectivity index (χ2v) is 5.88. The summed E-state index contributed by atoms with van der Waals surface area (Å²) in [6.07, 6.45) is -0.699. The Bertz CT molecular complexity index is 339. The first-order valence-electron chi connectivity index (χ1n) is 6.06. The molecule has 2 N–H and O–H groups in total. The third kappa shape index (κ3) is 4.68. The van der Waals surface area contributed by atoms with Gasteiger partial charge >= 0.3 is 12.1 Å². The Kier molecular flexibility index (Phi) is 4.75. The molecule has 19 heavy (non-hydrogen) atoms. The first-order chi connectivity index (χ1) is 8.67. The van der Waals surface area contributed by atoms with E-state index in [1.165, 1.54) is 0 Å². The monoisotopic (exact) mass is 275 g/mol. The minimum absolute atomic E-state index is 0.102. The van der Waals surface area contributed by atoms with Gasteiger partial charge in [0, 0.05) is 6.54 Å². The molecule has 110 valence electrons. The van der Waals surface area contributed by atoms with E-state index in [1.807, 2.05) is 0 Å². The number of aliphatic hydroxyl groups excluding tert-OH is 1. The number of carbonyl (C=O) groups excluding carboxylic acids is 1. The van der Waals surface area contributed by atoms with Gasteiger partial charge in [-0.3, -0.25) is 9.69 Å². The summed E-state index contributed by atoms with van der Waals surface area (Å²) in [7, 11) is 0. The maximum atomic E-state index is 11.9. The molecule has 0 spiro atoms. The molecule has 0 saturated carbocycles. The quantitative estimate of drug-likeness (QED) is 0.750. The average Bonchev–Trinajstić information content (AvgIpc) is 2.18. The number of rotatable bonds is 5. The average molecular weight is 275 g/mol. The summed E-state index contributed by atoms with van der Waals surface area (Å²) >= 11 is 0. The van der Waals surface area contributed by atoms with E-state index in [4.69, 9.17) is 14.6 Å². The molecule has 7 heteroatoms.